The number of aromatic nitrogens is 1. The second kappa shape index (κ2) is 6.90. The first-order valence-corrected chi connectivity index (χ1v) is 8.59. The summed E-state index contributed by atoms with van der Waals surface area (Å²) in [5, 5.41) is 10.6. The van der Waals surface area contributed by atoms with Gasteiger partial charge >= 0.3 is 5.97 Å². The maximum absolute atomic E-state index is 12.7. The number of halogens is 2. The molecular formula is C18H14BrClN2O3. The van der Waals surface area contributed by atoms with Crippen LogP contribution in [-0.2, 0) is 11.2 Å². The molecule has 2 N–H and O–H groups in total. The van der Waals surface area contributed by atoms with Crippen LogP contribution in [0.5, 0.6) is 0 Å². The van der Waals surface area contributed by atoms with Crippen molar-refractivity contribution in [2.45, 2.75) is 6.42 Å². The zero-order valence-electron chi connectivity index (χ0n) is 13.2. The number of rotatable bonds is 4. The summed E-state index contributed by atoms with van der Waals surface area (Å²) in [6.07, 6.45) is -0.0471. The van der Waals surface area contributed by atoms with Crippen LogP contribution in [0.4, 0.5) is 5.69 Å². The van der Waals surface area contributed by atoms with E-state index in [0.29, 0.717) is 21.5 Å². The average molecular weight is 422 g/mol. The summed E-state index contributed by atoms with van der Waals surface area (Å²) in [6, 6.07) is 12.4. The zero-order chi connectivity index (χ0) is 18.1. The Morgan fingerprint density at radius 1 is 1.20 bits per heavy atom. The second-order valence-electron chi connectivity index (χ2n) is 5.58. The summed E-state index contributed by atoms with van der Waals surface area (Å²) < 4.78 is 0.913. The molecule has 0 aliphatic heterocycles. The molecule has 0 radical (unpaired) electrons. The molecule has 0 aliphatic rings. The zero-order valence-corrected chi connectivity index (χ0v) is 15.6. The lowest BCUT2D eigenvalue weighted by Crippen LogP contribution is -2.28. The van der Waals surface area contributed by atoms with Gasteiger partial charge in [0.2, 0.25) is 5.91 Å². The number of nitrogens with one attached hydrogen (secondary N) is 1. The number of carboxylic acid groups (broad SMARTS) is 1. The van der Waals surface area contributed by atoms with Gasteiger partial charge in [-0.2, -0.15) is 0 Å². The molecular weight excluding hydrogens is 408 g/mol. The number of aromatic amines is 1. The second-order valence-corrected chi connectivity index (χ2v) is 6.93. The topological polar surface area (TPSA) is 73.4 Å². The Bertz CT molecular complexity index is 966. The Kier molecular flexibility index (Phi) is 4.83. The van der Waals surface area contributed by atoms with Crippen LogP contribution in [0, 0.1) is 0 Å². The molecule has 0 saturated heterocycles. The molecule has 1 heterocycles. The molecule has 128 valence electrons. The van der Waals surface area contributed by atoms with Gasteiger partial charge in [0.1, 0.15) is 5.69 Å². The number of fused-ring (bicyclic) bond motifs is 1. The number of carbonyl (C=O) groups is 2. The van der Waals surface area contributed by atoms with Crippen molar-refractivity contribution in [3.63, 3.8) is 0 Å². The third kappa shape index (κ3) is 3.55. The molecule has 0 saturated carbocycles. The number of likely N-dealkylation sites (N-methyl/N-ethyl adjacent to an activating group) is 1. The summed E-state index contributed by atoms with van der Waals surface area (Å²) in [4.78, 5) is 28.6. The molecule has 1 amide bonds. The quantitative estimate of drug-likeness (QED) is 0.652. The summed E-state index contributed by atoms with van der Waals surface area (Å²) in [6.45, 7) is 0. The van der Waals surface area contributed by atoms with Gasteiger partial charge in [0, 0.05) is 38.7 Å². The van der Waals surface area contributed by atoms with E-state index in [0.717, 1.165) is 10.2 Å². The van der Waals surface area contributed by atoms with Crippen molar-refractivity contribution in [2.24, 2.45) is 0 Å². The first kappa shape index (κ1) is 17.5. The number of carbonyl (C=O) groups excluding carboxylic acids is 1. The van der Waals surface area contributed by atoms with Crippen LogP contribution < -0.4 is 4.90 Å². The maximum Gasteiger partial charge on any atom is 0.352 e. The van der Waals surface area contributed by atoms with E-state index in [1.165, 1.54) is 4.90 Å². The molecule has 7 heteroatoms. The summed E-state index contributed by atoms with van der Waals surface area (Å²) >= 11 is 9.38. The van der Waals surface area contributed by atoms with Crippen molar-refractivity contribution < 1.29 is 14.7 Å². The highest BCUT2D eigenvalue weighted by Gasteiger charge is 2.21. The molecule has 3 aromatic rings. The highest BCUT2D eigenvalue weighted by Crippen LogP contribution is 2.27. The number of hydrogen-bond donors (Lipinski definition) is 2. The van der Waals surface area contributed by atoms with Crippen molar-refractivity contribution in [3.05, 3.63) is 63.2 Å². The van der Waals surface area contributed by atoms with Crippen molar-refractivity contribution in [1.82, 2.24) is 4.98 Å². The number of H-pyrrole nitrogens is 1. The Morgan fingerprint density at radius 3 is 2.52 bits per heavy atom. The van der Waals surface area contributed by atoms with Crippen molar-refractivity contribution in [3.8, 4) is 0 Å². The van der Waals surface area contributed by atoms with Gasteiger partial charge in [-0.3, -0.25) is 4.79 Å². The van der Waals surface area contributed by atoms with Crippen LogP contribution in [0.25, 0.3) is 10.9 Å². The van der Waals surface area contributed by atoms with Gasteiger partial charge in [0.05, 0.1) is 6.42 Å². The van der Waals surface area contributed by atoms with Crippen LogP contribution in [0.1, 0.15) is 16.1 Å². The first-order valence-electron chi connectivity index (χ1n) is 7.42. The summed E-state index contributed by atoms with van der Waals surface area (Å²) in [5.74, 6) is -1.33. The predicted octanol–water partition coefficient (Wildman–Crippen LogP) is 4.49. The average Bonchev–Trinajstić information content (AvgIpc) is 2.93. The maximum atomic E-state index is 12.7. The Morgan fingerprint density at radius 2 is 1.88 bits per heavy atom. The summed E-state index contributed by atoms with van der Waals surface area (Å²) in [5.41, 5.74) is 1.80. The van der Waals surface area contributed by atoms with E-state index < -0.39 is 5.97 Å². The van der Waals surface area contributed by atoms with Crippen LogP contribution in [0.3, 0.4) is 0 Å². The molecule has 0 spiro atoms. The van der Waals surface area contributed by atoms with Gasteiger partial charge in [-0.1, -0.05) is 27.5 Å². The van der Waals surface area contributed by atoms with E-state index in [9.17, 15) is 14.7 Å². The Hall–Kier alpha value is -2.31. The molecule has 0 aliphatic carbocycles. The molecule has 3 rings (SSSR count). The molecule has 2 aromatic carbocycles. The third-order valence-electron chi connectivity index (χ3n) is 4.00. The number of benzene rings is 2. The fourth-order valence-electron chi connectivity index (χ4n) is 2.66. The molecule has 0 unspecified atom stereocenters. The van der Waals surface area contributed by atoms with Gasteiger partial charge < -0.3 is 15.0 Å². The lowest BCUT2D eigenvalue weighted by Gasteiger charge is -2.17. The van der Waals surface area contributed by atoms with Gasteiger partial charge in [-0.15, -0.1) is 0 Å². The van der Waals surface area contributed by atoms with Gasteiger partial charge in [0.15, 0.2) is 0 Å². The van der Waals surface area contributed by atoms with Crippen molar-refractivity contribution in [1.29, 1.82) is 0 Å². The molecule has 0 fully saturated rings. The molecule has 0 atom stereocenters. The van der Waals surface area contributed by atoms with Crippen LogP contribution in [0.15, 0.2) is 46.9 Å². The number of anilines is 1. The molecule has 0 bridgehead atoms. The normalized spacial score (nSPS) is 10.8. The standard InChI is InChI=1S/C18H14BrClN2O3/c1-22(12-5-2-10(19)3-6-12)16(23)9-14-13-8-11(20)4-7-15(13)21-17(14)18(24)25/h2-8,21H,9H2,1H3,(H,24,25). The van der Waals surface area contributed by atoms with E-state index in [1.54, 1.807) is 25.2 Å². The molecule has 25 heavy (non-hydrogen) atoms. The van der Waals surface area contributed by atoms with Crippen LogP contribution >= 0.6 is 27.5 Å². The SMILES string of the molecule is CN(C(=O)Cc1c(C(=O)O)[nH]c2ccc(Cl)cc12)c1ccc(Br)cc1. The Balaban J connectivity index is 1.97. The minimum Gasteiger partial charge on any atom is -0.477 e. The highest BCUT2D eigenvalue weighted by molar-refractivity contribution is 9.10. The smallest absolute Gasteiger partial charge is 0.352 e. The number of aromatic carboxylic acids is 1. The van der Waals surface area contributed by atoms with E-state index in [4.69, 9.17) is 11.6 Å². The Labute approximate surface area is 157 Å². The number of nitrogens with zero attached hydrogens (tertiary/aromatic N) is 1. The van der Waals surface area contributed by atoms with E-state index >= 15 is 0 Å². The van der Waals surface area contributed by atoms with Crippen molar-refractivity contribution >= 4 is 56.0 Å². The lowest BCUT2D eigenvalue weighted by atomic mass is 10.1. The number of hydrogen-bond acceptors (Lipinski definition) is 2. The first-order chi connectivity index (χ1) is 11.9. The van der Waals surface area contributed by atoms with E-state index in [1.807, 2.05) is 24.3 Å². The fourth-order valence-corrected chi connectivity index (χ4v) is 3.10. The van der Waals surface area contributed by atoms with Crippen LogP contribution in [-0.4, -0.2) is 29.0 Å². The van der Waals surface area contributed by atoms with Gasteiger partial charge in [-0.05, 0) is 42.5 Å². The van der Waals surface area contributed by atoms with E-state index in [2.05, 4.69) is 20.9 Å². The number of carboxylic acids is 1. The lowest BCUT2D eigenvalue weighted by molar-refractivity contribution is -0.117. The summed E-state index contributed by atoms with van der Waals surface area (Å²) in [7, 11) is 1.66. The minimum atomic E-state index is -1.11. The highest BCUT2D eigenvalue weighted by atomic mass is 79.9. The minimum absolute atomic E-state index is 0.00910. The predicted molar refractivity (Wildman–Crippen MR) is 102 cm³/mol. The van der Waals surface area contributed by atoms with Gasteiger partial charge in [0.25, 0.3) is 0 Å². The largest absolute Gasteiger partial charge is 0.477 e. The number of amides is 1. The van der Waals surface area contributed by atoms with Gasteiger partial charge in [-0.25, -0.2) is 4.79 Å². The van der Waals surface area contributed by atoms with E-state index in [-0.39, 0.29) is 18.0 Å². The molecule has 5 nitrogen and oxygen atoms in total. The molecule has 1 aromatic heterocycles. The monoisotopic (exact) mass is 420 g/mol. The fraction of sp³-hybridized carbons (Fsp3) is 0.111. The van der Waals surface area contributed by atoms with Crippen molar-refractivity contribution in [2.75, 3.05) is 11.9 Å². The third-order valence-corrected chi connectivity index (χ3v) is 4.76. The van der Waals surface area contributed by atoms with Crippen LogP contribution in [0.2, 0.25) is 5.02 Å².